The molecule has 0 saturated heterocycles. The van der Waals surface area contributed by atoms with Crippen molar-refractivity contribution in [3.05, 3.63) is 21.4 Å². The molecule has 2 N–H and O–H groups in total. The number of hydrogen-bond acceptors (Lipinski definition) is 5. The first kappa shape index (κ1) is 16.7. The van der Waals surface area contributed by atoms with Gasteiger partial charge in [0.1, 0.15) is 5.84 Å². The molecule has 0 saturated carbocycles. The van der Waals surface area contributed by atoms with E-state index in [9.17, 15) is 4.79 Å². The molecule has 4 nitrogen and oxygen atoms in total. The van der Waals surface area contributed by atoms with Crippen molar-refractivity contribution in [3.8, 4) is 0 Å². The van der Waals surface area contributed by atoms with Gasteiger partial charge in [-0.1, -0.05) is 26.2 Å². The van der Waals surface area contributed by atoms with Gasteiger partial charge in [0, 0.05) is 16.9 Å². The van der Waals surface area contributed by atoms with Crippen LogP contribution in [-0.4, -0.2) is 18.4 Å². The molecule has 0 unspecified atom stereocenters. The number of esters is 1. The van der Waals surface area contributed by atoms with Crippen LogP contribution in [0.3, 0.4) is 0 Å². The van der Waals surface area contributed by atoms with Gasteiger partial charge in [0.25, 0.3) is 0 Å². The fourth-order valence-electron chi connectivity index (χ4n) is 2.44. The lowest BCUT2D eigenvalue weighted by atomic mass is 10.1. The van der Waals surface area contributed by atoms with E-state index in [1.165, 1.54) is 30.6 Å². The van der Waals surface area contributed by atoms with Crippen molar-refractivity contribution in [2.24, 2.45) is 10.7 Å². The van der Waals surface area contributed by atoms with Crippen LogP contribution in [-0.2, 0) is 16.0 Å². The van der Waals surface area contributed by atoms with Gasteiger partial charge in [-0.2, -0.15) is 0 Å². The van der Waals surface area contributed by atoms with Crippen LogP contribution in [0.2, 0.25) is 0 Å². The zero-order valence-electron chi connectivity index (χ0n) is 13.4. The Bertz CT molecular complexity index is 587. The monoisotopic (exact) mass is 320 g/mol. The predicted octanol–water partition coefficient (Wildman–Crippen LogP) is 4.21. The minimum absolute atomic E-state index is 0.300. The number of aryl methyl sites for hydroxylation is 1. The van der Waals surface area contributed by atoms with Crippen LogP contribution in [0.25, 0.3) is 6.08 Å². The zero-order valence-corrected chi connectivity index (χ0v) is 14.2. The number of aliphatic imine (C=N–C) groups is 1. The van der Waals surface area contributed by atoms with Crippen LogP contribution in [0.4, 0.5) is 5.69 Å². The molecule has 1 aliphatic heterocycles. The summed E-state index contributed by atoms with van der Waals surface area (Å²) in [4.78, 5) is 18.7. The number of rotatable bonds is 7. The number of amidine groups is 1. The first-order valence-corrected chi connectivity index (χ1v) is 8.79. The molecule has 0 bridgehead atoms. The fourth-order valence-corrected chi connectivity index (χ4v) is 3.55. The Morgan fingerprint density at radius 3 is 2.91 bits per heavy atom. The Labute approximate surface area is 136 Å². The summed E-state index contributed by atoms with van der Waals surface area (Å²) in [6, 6.07) is 2.10. The number of carbonyl (C=O) groups is 1. The van der Waals surface area contributed by atoms with Crippen molar-refractivity contribution in [1.29, 1.82) is 0 Å². The Balaban J connectivity index is 2.15. The molecule has 0 aliphatic carbocycles. The smallest absolute Gasteiger partial charge is 0.334 e. The molecule has 1 aliphatic rings. The van der Waals surface area contributed by atoms with Crippen LogP contribution in [0.15, 0.2) is 16.6 Å². The molecular formula is C17H24N2O2S. The van der Waals surface area contributed by atoms with E-state index >= 15 is 0 Å². The van der Waals surface area contributed by atoms with Crippen molar-refractivity contribution >= 4 is 34.9 Å². The Morgan fingerprint density at radius 2 is 2.18 bits per heavy atom. The van der Waals surface area contributed by atoms with Gasteiger partial charge in [0.05, 0.1) is 17.2 Å². The minimum atomic E-state index is -0.300. The second-order valence-electron chi connectivity index (χ2n) is 5.44. The average Bonchev–Trinajstić information content (AvgIpc) is 2.77. The van der Waals surface area contributed by atoms with Gasteiger partial charge in [0.2, 0.25) is 0 Å². The standard InChI is InChI=1S/C17H24N2O2S/c1-3-5-6-7-8-13-11-14-15(22-13)9-12(10-16(18)19-14)17(20)21-4-2/h9,11H,3-8,10H2,1-2H3,(H2,18,19). The summed E-state index contributed by atoms with van der Waals surface area (Å²) in [5.41, 5.74) is 7.40. The highest BCUT2D eigenvalue weighted by molar-refractivity contribution is 7.13. The fraction of sp³-hybridized carbons (Fsp3) is 0.529. The normalized spacial score (nSPS) is 13.9. The second kappa shape index (κ2) is 8.13. The number of thiophene rings is 1. The maximum atomic E-state index is 12.0. The van der Waals surface area contributed by atoms with E-state index in [-0.39, 0.29) is 5.97 Å². The molecular weight excluding hydrogens is 296 g/mol. The van der Waals surface area contributed by atoms with Crippen molar-refractivity contribution < 1.29 is 9.53 Å². The van der Waals surface area contributed by atoms with E-state index < -0.39 is 0 Å². The number of unbranched alkanes of at least 4 members (excludes halogenated alkanes) is 3. The molecule has 22 heavy (non-hydrogen) atoms. The van der Waals surface area contributed by atoms with Gasteiger partial charge in [-0.05, 0) is 31.9 Å². The number of nitrogens with two attached hydrogens (primary N) is 1. The van der Waals surface area contributed by atoms with Gasteiger partial charge in [-0.25, -0.2) is 9.79 Å². The van der Waals surface area contributed by atoms with Crippen molar-refractivity contribution in [2.45, 2.75) is 52.4 Å². The molecule has 2 rings (SSSR count). The lowest BCUT2D eigenvalue weighted by molar-refractivity contribution is -0.138. The molecule has 0 fully saturated rings. The third-order valence-corrected chi connectivity index (χ3v) is 4.68. The molecule has 0 atom stereocenters. The summed E-state index contributed by atoms with van der Waals surface area (Å²) in [5.74, 6) is 0.166. The van der Waals surface area contributed by atoms with E-state index in [2.05, 4.69) is 18.0 Å². The first-order valence-electron chi connectivity index (χ1n) is 7.97. The molecule has 0 radical (unpaired) electrons. The van der Waals surface area contributed by atoms with Crippen molar-refractivity contribution in [3.63, 3.8) is 0 Å². The van der Waals surface area contributed by atoms with E-state index in [1.54, 1.807) is 18.3 Å². The van der Waals surface area contributed by atoms with E-state index in [0.717, 1.165) is 17.0 Å². The van der Waals surface area contributed by atoms with Gasteiger partial charge < -0.3 is 10.5 Å². The van der Waals surface area contributed by atoms with Crippen molar-refractivity contribution in [2.75, 3.05) is 6.61 Å². The molecule has 0 aromatic carbocycles. The van der Waals surface area contributed by atoms with E-state index in [1.807, 2.05) is 6.08 Å². The molecule has 2 heterocycles. The van der Waals surface area contributed by atoms with Crippen LogP contribution in [0.1, 0.15) is 55.7 Å². The quantitative estimate of drug-likeness (QED) is 0.604. The van der Waals surface area contributed by atoms with E-state index in [0.29, 0.717) is 24.4 Å². The largest absolute Gasteiger partial charge is 0.463 e. The van der Waals surface area contributed by atoms with E-state index in [4.69, 9.17) is 10.5 Å². The van der Waals surface area contributed by atoms with Crippen LogP contribution < -0.4 is 5.73 Å². The number of ether oxygens (including phenoxy) is 1. The third kappa shape index (κ3) is 4.44. The van der Waals surface area contributed by atoms with Crippen LogP contribution in [0, 0.1) is 0 Å². The molecule has 1 aromatic rings. The molecule has 0 spiro atoms. The summed E-state index contributed by atoms with van der Waals surface area (Å²) in [6.45, 7) is 4.39. The third-order valence-electron chi connectivity index (χ3n) is 3.55. The Morgan fingerprint density at radius 1 is 1.36 bits per heavy atom. The molecule has 120 valence electrons. The lowest BCUT2D eigenvalue weighted by Crippen LogP contribution is -2.16. The number of hydrogen-bond donors (Lipinski definition) is 1. The number of fused-ring (bicyclic) bond motifs is 1. The van der Waals surface area contributed by atoms with Gasteiger partial charge >= 0.3 is 5.97 Å². The number of nitrogens with zero attached hydrogens (tertiary/aromatic N) is 1. The highest BCUT2D eigenvalue weighted by Crippen LogP contribution is 2.35. The Hall–Kier alpha value is -1.62. The molecule has 1 aromatic heterocycles. The summed E-state index contributed by atoms with van der Waals surface area (Å²) in [5, 5.41) is 0. The second-order valence-corrected chi connectivity index (χ2v) is 6.61. The summed E-state index contributed by atoms with van der Waals surface area (Å²) in [7, 11) is 0. The average molecular weight is 320 g/mol. The summed E-state index contributed by atoms with van der Waals surface area (Å²) in [6.07, 6.45) is 8.28. The molecule has 5 heteroatoms. The zero-order chi connectivity index (χ0) is 15.9. The number of carbonyl (C=O) groups excluding carboxylic acids is 1. The molecule has 0 amide bonds. The summed E-state index contributed by atoms with van der Waals surface area (Å²) >= 11 is 1.70. The SMILES string of the molecule is CCCCCCc1cc2c(s1)C=C(C(=O)OCC)CC(N)=N2. The summed E-state index contributed by atoms with van der Waals surface area (Å²) < 4.78 is 5.09. The minimum Gasteiger partial charge on any atom is -0.463 e. The topological polar surface area (TPSA) is 64.7 Å². The van der Waals surface area contributed by atoms with Gasteiger partial charge in [-0.3, -0.25) is 0 Å². The van der Waals surface area contributed by atoms with Crippen molar-refractivity contribution in [1.82, 2.24) is 0 Å². The maximum absolute atomic E-state index is 12.0. The van der Waals surface area contributed by atoms with Crippen LogP contribution >= 0.6 is 11.3 Å². The predicted molar refractivity (Wildman–Crippen MR) is 92.7 cm³/mol. The first-order chi connectivity index (χ1) is 10.6. The highest BCUT2D eigenvalue weighted by atomic mass is 32.1. The Kier molecular flexibility index (Phi) is 6.19. The highest BCUT2D eigenvalue weighted by Gasteiger charge is 2.18. The maximum Gasteiger partial charge on any atom is 0.334 e. The van der Waals surface area contributed by atoms with Crippen LogP contribution in [0.5, 0.6) is 0 Å². The van der Waals surface area contributed by atoms with Gasteiger partial charge in [0.15, 0.2) is 0 Å². The lowest BCUT2D eigenvalue weighted by Gasteiger charge is -2.04. The van der Waals surface area contributed by atoms with Gasteiger partial charge in [-0.15, -0.1) is 11.3 Å².